The minimum atomic E-state index is 0.569. The van der Waals surface area contributed by atoms with E-state index in [-0.39, 0.29) is 0 Å². The second-order valence-corrected chi connectivity index (χ2v) is 6.66. The molecule has 0 unspecified atom stereocenters. The van der Waals surface area contributed by atoms with Gasteiger partial charge >= 0.3 is 0 Å². The molecule has 4 rings (SSSR count). The molecule has 4 aromatic rings. The molecule has 23 heavy (non-hydrogen) atoms. The Balaban J connectivity index is 1.43. The number of hydrogen-bond donors (Lipinski definition) is 1. The molecule has 0 saturated carbocycles. The third-order valence-electron chi connectivity index (χ3n) is 3.18. The zero-order chi connectivity index (χ0) is 15.5. The first kappa shape index (κ1) is 14.2. The zero-order valence-electron chi connectivity index (χ0n) is 12.0. The summed E-state index contributed by atoms with van der Waals surface area (Å²) in [7, 11) is 0. The molecule has 7 heteroatoms. The largest absolute Gasteiger partial charge is 0.333 e. The molecule has 1 N–H and O–H groups in total. The Bertz CT molecular complexity index is 884. The first-order valence-electron chi connectivity index (χ1n) is 6.98. The van der Waals surface area contributed by atoms with Crippen LogP contribution in [0.1, 0.15) is 5.82 Å². The van der Waals surface area contributed by atoms with Crippen LogP contribution >= 0.6 is 23.1 Å². The predicted molar refractivity (Wildman–Crippen MR) is 91.2 cm³/mol. The average Bonchev–Trinajstić information content (AvgIpc) is 3.33. The van der Waals surface area contributed by atoms with Crippen molar-refractivity contribution < 1.29 is 4.52 Å². The van der Waals surface area contributed by atoms with Gasteiger partial charge in [-0.05, 0) is 17.0 Å². The molecule has 0 fully saturated rings. The van der Waals surface area contributed by atoms with Crippen molar-refractivity contribution >= 4 is 23.1 Å². The van der Waals surface area contributed by atoms with Crippen LogP contribution in [0.25, 0.3) is 22.0 Å². The number of rotatable bonds is 5. The minimum Gasteiger partial charge on any atom is -0.333 e. The van der Waals surface area contributed by atoms with Gasteiger partial charge in [-0.2, -0.15) is 4.98 Å². The Hall–Kier alpha value is -2.38. The first-order valence-corrected chi connectivity index (χ1v) is 8.85. The topological polar surface area (TPSA) is 67.6 Å². The normalized spacial score (nSPS) is 11.0. The number of thiophene rings is 1. The van der Waals surface area contributed by atoms with Gasteiger partial charge in [-0.25, -0.2) is 4.98 Å². The van der Waals surface area contributed by atoms with Crippen LogP contribution in [0, 0.1) is 0 Å². The molecule has 0 amide bonds. The van der Waals surface area contributed by atoms with Crippen LogP contribution in [-0.4, -0.2) is 20.1 Å². The molecule has 0 spiro atoms. The number of imidazole rings is 1. The summed E-state index contributed by atoms with van der Waals surface area (Å²) in [5, 5.41) is 6.84. The second kappa shape index (κ2) is 6.39. The lowest BCUT2D eigenvalue weighted by atomic mass is 10.2. The summed E-state index contributed by atoms with van der Waals surface area (Å²) in [6, 6.07) is 14.0. The molecule has 5 nitrogen and oxygen atoms in total. The highest BCUT2D eigenvalue weighted by Crippen LogP contribution is 2.26. The molecule has 1 aromatic carbocycles. The van der Waals surface area contributed by atoms with E-state index in [0.29, 0.717) is 17.5 Å². The van der Waals surface area contributed by atoms with E-state index < -0.39 is 0 Å². The van der Waals surface area contributed by atoms with E-state index in [0.717, 1.165) is 21.3 Å². The van der Waals surface area contributed by atoms with E-state index in [4.69, 9.17) is 4.52 Å². The average molecular weight is 340 g/mol. The molecule has 0 saturated heterocycles. The molecule has 0 aliphatic rings. The van der Waals surface area contributed by atoms with Crippen LogP contribution in [0.2, 0.25) is 0 Å². The van der Waals surface area contributed by atoms with Gasteiger partial charge in [-0.15, -0.1) is 11.3 Å². The highest BCUT2D eigenvalue weighted by atomic mass is 32.2. The fraction of sp³-hybridized carbons (Fsp3) is 0.0625. The Labute approximate surface area is 140 Å². The first-order chi connectivity index (χ1) is 11.4. The summed E-state index contributed by atoms with van der Waals surface area (Å²) < 4.78 is 5.28. The van der Waals surface area contributed by atoms with Crippen LogP contribution in [0.4, 0.5) is 0 Å². The lowest BCUT2D eigenvalue weighted by Crippen LogP contribution is -1.85. The standard InChI is InChI=1S/C16H12N4OS2/c1-2-5-11(6-3-1)12-9-17-16(18-12)23-10-14-19-15(21-20-14)13-7-4-8-22-13/h1-9H,10H2,(H,17,18). The molecule has 0 bridgehead atoms. The molecule has 0 radical (unpaired) electrons. The highest BCUT2D eigenvalue weighted by Gasteiger charge is 2.11. The van der Waals surface area contributed by atoms with Crippen LogP contribution in [0.3, 0.4) is 0 Å². The van der Waals surface area contributed by atoms with Crippen LogP contribution in [0.5, 0.6) is 0 Å². The molecular formula is C16H12N4OS2. The van der Waals surface area contributed by atoms with Crippen molar-refractivity contribution in [2.75, 3.05) is 0 Å². The maximum absolute atomic E-state index is 5.28. The van der Waals surface area contributed by atoms with E-state index in [9.17, 15) is 0 Å². The Morgan fingerprint density at radius 2 is 2.04 bits per heavy atom. The monoisotopic (exact) mass is 340 g/mol. The lowest BCUT2D eigenvalue weighted by molar-refractivity contribution is 0.426. The minimum absolute atomic E-state index is 0.569. The van der Waals surface area contributed by atoms with Gasteiger partial charge in [0.1, 0.15) is 0 Å². The maximum Gasteiger partial charge on any atom is 0.268 e. The van der Waals surface area contributed by atoms with Crippen molar-refractivity contribution in [3.05, 3.63) is 59.9 Å². The van der Waals surface area contributed by atoms with Crippen LogP contribution < -0.4 is 0 Å². The fourth-order valence-electron chi connectivity index (χ4n) is 2.09. The number of aromatic amines is 1. The fourth-order valence-corrected chi connectivity index (χ4v) is 3.42. The number of H-pyrrole nitrogens is 1. The molecule has 0 aliphatic carbocycles. The van der Waals surface area contributed by atoms with Gasteiger partial charge in [0.2, 0.25) is 0 Å². The van der Waals surface area contributed by atoms with Gasteiger partial charge in [0.15, 0.2) is 11.0 Å². The molecule has 3 aromatic heterocycles. The summed E-state index contributed by atoms with van der Waals surface area (Å²) >= 11 is 3.13. The summed E-state index contributed by atoms with van der Waals surface area (Å²) in [6.07, 6.45) is 1.84. The molecule has 0 atom stereocenters. The third kappa shape index (κ3) is 3.20. The molecular weight excluding hydrogens is 328 g/mol. The smallest absolute Gasteiger partial charge is 0.268 e. The van der Waals surface area contributed by atoms with E-state index in [2.05, 4.69) is 32.2 Å². The van der Waals surface area contributed by atoms with E-state index >= 15 is 0 Å². The SMILES string of the molecule is c1ccc(-c2cnc(SCc3noc(-c4cccs4)n3)[nH]2)cc1. The summed E-state index contributed by atoms with van der Waals surface area (Å²) in [6.45, 7) is 0. The van der Waals surface area contributed by atoms with Crippen LogP contribution in [0.15, 0.2) is 63.7 Å². The highest BCUT2D eigenvalue weighted by molar-refractivity contribution is 7.98. The lowest BCUT2D eigenvalue weighted by Gasteiger charge is -1.95. The van der Waals surface area contributed by atoms with Crippen molar-refractivity contribution in [3.8, 4) is 22.0 Å². The van der Waals surface area contributed by atoms with Crippen molar-refractivity contribution in [2.24, 2.45) is 0 Å². The Morgan fingerprint density at radius 1 is 1.13 bits per heavy atom. The molecule has 114 valence electrons. The van der Waals surface area contributed by atoms with Gasteiger partial charge in [0.25, 0.3) is 5.89 Å². The number of hydrogen-bond acceptors (Lipinski definition) is 6. The summed E-state index contributed by atoms with van der Waals surface area (Å²) in [5.41, 5.74) is 2.12. The zero-order valence-corrected chi connectivity index (χ0v) is 13.6. The summed E-state index contributed by atoms with van der Waals surface area (Å²) in [5.74, 6) is 1.84. The number of thioether (sulfide) groups is 1. The third-order valence-corrected chi connectivity index (χ3v) is 4.92. The Morgan fingerprint density at radius 3 is 2.87 bits per heavy atom. The predicted octanol–water partition coefficient (Wildman–Crippen LogP) is 4.48. The van der Waals surface area contributed by atoms with Gasteiger partial charge < -0.3 is 9.51 Å². The number of nitrogens with one attached hydrogen (secondary N) is 1. The molecule has 3 heterocycles. The van der Waals surface area contributed by atoms with Crippen LogP contribution in [-0.2, 0) is 5.75 Å². The quantitative estimate of drug-likeness (QED) is 0.543. The van der Waals surface area contributed by atoms with Gasteiger partial charge in [0, 0.05) is 0 Å². The number of benzene rings is 1. The second-order valence-electron chi connectivity index (χ2n) is 4.75. The number of nitrogens with zero attached hydrogens (tertiary/aromatic N) is 3. The van der Waals surface area contributed by atoms with E-state index in [1.807, 2.05) is 41.9 Å². The number of aromatic nitrogens is 4. The van der Waals surface area contributed by atoms with Crippen molar-refractivity contribution in [1.82, 2.24) is 20.1 Å². The van der Waals surface area contributed by atoms with E-state index in [1.165, 1.54) is 0 Å². The van der Waals surface area contributed by atoms with Crippen molar-refractivity contribution in [3.63, 3.8) is 0 Å². The van der Waals surface area contributed by atoms with Gasteiger partial charge in [0.05, 0.1) is 22.5 Å². The Kier molecular flexibility index (Phi) is 3.95. The van der Waals surface area contributed by atoms with Gasteiger partial charge in [-0.3, -0.25) is 0 Å². The molecule has 0 aliphatic heterocycles. The van der Waals surface area contributed by atoms with Crippen molar-refractivity contribution in [1.29, 1.82) is 0 Å². The van der Waals surface area contributed by atoms with E-state index in [1.54, 1.807) is 23.1 Å². The van der Waals surface area contributed by atoms with Crippen molar-refractivity contribution in [2.45, 2.75) is 10.9 Å². The maximum atomic E-state index is 5.28. The van der Waals surface area contributed by atoms with Gasteiger partial charge in [-0.1, -0.05) is 53.3 Å². The summed E-state index contributed by atoms with van der Waals surface area (Å²) in [4.78, 5) is 13.1.